The maximum atomic E-state index is 14.1. The van der Waals surface area contributed by atoms with Gasteiger partial charge in [0.25, 0.3) is 5.91 Å². The minimum atomic E-state index is -0.431. The Hall–Kier alpha value is -4.74. The molecule has 0 spiro atoms. The molecule has 8 nitrogen and oxygen atoms in total. The van der Waals surface area contributed by atoms with E-state index < -0.39 is 5.82 Å². The second-order valence-electron chi connectivity index (χ2n) is 13.8. The average molecular weight is 831 g/mol. The SMILES string of the molecule is CCC.CCCCNC=O.CCCSSCCC(=O)N(C)Cc1ccc(-c2[nH]c3cc(F)cc4c3c2CCNC4=O)cc1.Cc1ccc(O)cc1.Cc1ccccc1. The molecule has 11 heteroatoms. The van der Waals surface area contributed by atoms with E-state index in [0.29, 0.717) is 42.8 Å². The van der Waals surface area contributed by atoms with Gasteiger partial charge in [-0.2, -0.15) is 0 Å². The Morgan fingerprint density at radius 2 is 1.53 bits per heavy atom. The summed E-state index contributed by atoms with van der Waals surface area (Å²) in [5.74, 6) is 1.74. The predicted molar refractivity (Wildman–Crippen MR) is 245 cm³/mol. The normalized spacial score (nSPS) is 11.1. The van der Waals surface area contributed by atoms with E-state index in [2.05, 4.69) is 62.4 Å². The minimum absolute atomic E-state index is 0.145. The van der Waals surface area contributed by atoms with Crippen molar-refractivity contribution >= 4 is 50.7 Å². The highest BCUT2D eigenvalue weighted by atomic mass is 33.1. The molecule has 0 fully saturated rings. The quantitative estimate of drug-likeness (QED) is 0.0534. The first-order chi connectivity index (χ1) is 28.0. The summed E-state index contributed by atoms with van der Waals surface area (Å²) in [5, 5.41) is 15.0. The number of amides is 3. The Morgan fingerprint density at radius 1 is 0.897 bits per heavy atom. The van der Waals surface area contributed by atoms with Gasteiger partial charge in [-0.3, -0.25) is 14.4 Å². The van der Waals surface area contributed by atoms with Crippen LogP contribution < -0.4 is 10.6 Å². The third kappa shape index (κ3) is 18.2. The molecule has 3 amide bonds. The van der Waals surface area contributed by atoms with Crippen LogP contribution >= 0.6 is 21.6 Å². The van der Waals surface area contributed by atoms with Crippen LogP contribution in [0.5, 0.6) is 5.75 Å². The van der Waals surface area contributed by atoms with E-state index >= 15 is 0 Å². The maximum Gasteiger partial charge on any atom is 0.252 e. The van der Waals surface area contributed by atoms with Crippen LogP contribution in [-0.2, 0) is 22.6 Å². The number of carbonyl (C=O) groups excluding carboxylic acids is 3. The number of aromatic nitrogens is 1. The Bertz CT molecular complexity index is 1900. The van der Waals surface area contributed by atoms with E-state index in [9.17, 15) is 18.8 Å². The van der Waals surface area contributed by atoms with Gasteiger partial charge in [-0.25, -0.2) is 4.39 Å². The number of hydrogen-bond acceptors (Lipinski definition) is 6. The standard InChI is InChI=1S/C25H28FN3O2S2.C7H8O.C7H8.C5H11NO.C3H8/c1-3-11-32-33-12-9-22(30)29(2)15-16-4-6-17(7-5-16)24-19-8-10-27-25(31)20-13-18(26)14-21(28-24)23(19)20;1-6-2-4-7(8)5-3-6;1-7-5-3-2-4-6-7;1-2-3-4-6-5-7;1-3-2/h4-7,13-14,28H,3,8-12,15H2,1-2H3,(H,27,31);2-5,8H,1H3;2-6H,1H3;5H,2-4H2,1H3,(H,6,7);3H2,1-2H3. The Kier molecular flexibility index (Phi) is 24.4. The fraction of sp³-hybridized carbons (Fsp3) is 0.383. The molecule has 4 N–H and O–H groups in total. The minimum Gasteiger partial charge on any atom is -0.508 e. The number of hydrogen-bond donors (Lipinski definition) is 4. The number of carbonyl (C=O) groups is 3. The smallest absolute Gasteiger partial charge is 0.252 e. The fourth-order valence-electron chi connectivity index (χ4n) is 5.51. The molecule has 5 aromatic rings. The van der Waals surface area contributed by atoms with Gasteiger partial charge in [0.05, 0.1) is 5.56 Å². The van der Waals surface area contributed by atoms with Crippen molar-refractivity contribution < 1.29 is 23.9 Å². The van der Waals surface area contributed by atoms with Crippen LogP contribution in [0.2, 0.25) is 0 Å². The molecule has 0 atom stereocenters. The molecule has 1 aliphatic heterocycles. The van der Waals surface area contributed by atoms with Crippen molar-refractivity contribution in [3.8, 4) is 17.0 Å². The molecule has 0 bridgehead atoms. The Balaban J connectivity index is 0.000000372. The molecule has 6 rings (SSSR count). The second kappa shape index (κ2) is 28.6. The van der Waals surface area contributed by atoms with Crippen LogP contribution in [0.4, 0.5) is 4.39 Å². The van der Waals surface area contributed by atoms with Crippen LogP contribution in [0, 0.1) is 19.7 Å². The molecular weight excluding hydrogens is 768 g/mol. The summed E-state index contributed by atoms with van der Waals surface area (Å²) in [7, 11) is 5.42. The predicted octanol–water partition coefficient (Wildman–Crippen LogP) is 11.0. The number of benzene rings is 4. The van der Waals surface area contributed by atoms with Gasteiger partial charge in [-0.05, 0) is 74.1 Å². The maximum absolute atomic E-state index is 14.1. The van der Waals surface area contributed by atoms with Crippen molar-refractivity contribution in [2.75, 3.05) is 31.6 Å². The molecule has 4 aromatic carbocycles. The lowest BCUT2D eigenvalue weighted by atomic mass is 9.99. The van der Waals surface area contributed by atoms with Gasteiger partial charge in [-0.15, -0.1) is 0 Å². The number of rotatable bonds is 13. The van der Waals surface area contributed by atoms with Crippen LogP contribution in [0.15, 0.2) is 91.0 Å². The number of nitrogens with one attached hydrogen (secondary N) is 3. The number of nitrogens with zero attached hydrogens (tertiary/aromatic N) is 1. The van der Waals surface area contributed by atoms with Crippen LogP contribution in [0.1, 0.15) is 92.4 Å². The van der Waals surface area contributed by atoms with Gasteiger partial charge in [0.2, 0.25) is 12.3 Å². The van der Waals surface area contributed by atoms with Crippen molar-refractivity contribution in [1.29, 1.82) is 0 Å². The zero-order valence-electron chi connectivity index (χ0n) is 35.3. The van der Waals surface area contributed by atoms with Crippen molar-refractivity contribution in [3.63, 3.8) is 0 Å². The molecule has 0 radical (unpaired) electrons. The lowest BCUT2D eigenvalue weighted by Gasteiger charge is -2.17. The number of halogens is 1. The van der Waals surface area contributed by atoms with E-state index in [0.717, 1.165) is 71.5 Å². The molecular formula is C47H63FN4O4S2. The van der Waals surface area contributed by atoms with Crippen LogP contribution in [0.25, 0.3) is 22.2 Å². The largest absolute Gasteiger partial charge is 0.508 e. The molecule has 1 aliphatic rings. The molecule has 1 aromatic heterocycles. The molecule has 2 heterocycles. The lowest BCUT2D eigenvalue weighted by molar-refractivity contribution is -0.130. The highest BCUT2D eigenvalue weighted by Gasteiger charge is 2.23. The summed E-state index contributed by atoms with van der Waals surface area (Å²) in [4.78, 5) is 39.5. The molecule has 58 heavy (non-hydrogen) atoms. The fourth-order valence-corrected chi connectivity index (χ4v) is 7.63. The summed E-state index contributed by atoms with van der Waals surface area (Å²) < 4.78 is 14.1. The van der Waals surface area contributed by atoms with Crippen LogP contribution in [-0.4, -0.2) is 64.9 Å². The first kappa shape index (κ1) is 49.4. The molecule has 0 saturated carbocycles. The van der Waals surface area contributed by atoms with Gasteiger partial charge >= 0.3 is 0 Å². The summed E-state index contributed by atoms with van der Waals surface area (Å²) in [6, 6.07) is 28.2. The molecule has 0 saturated heterocycles. The number of phenolic OH excluding ortho intramolecular Hbond substituents is 1. The van der Waals surface area contributed by atoms with Crippen molar-refractivity contribution in [3.05, 3.63) is 125 Å². The van der Waals surface area contributed by atoms with Crippen LogP contribution in [0.3, 0.4) is 0 Å². The monoisotopic (exact) mass is 830 g/mol. The van der Waals surface area contributed by atoms with E-state index in [1.165, 1.54) is 29.7 Å². The van der Waals surface area contributed by atoms with Gasteiger partial charge in [0.1, 0.15) is 11.6 Å². The third-order valence-corrected chi connectivity index (χ3v) is 11.1. The summed E-state index contributed by atoms with van der Waals surface area (Å²) in [6.45, 7) is 14.4. The number of phenols is 1. The lowest BCUT2D eigenvalue weighted by Crippen LogP contribution is -2.26. The summed E-state index contributed by atoms with van der Waals surface area (Å²) >= 11 is 0. The zero-order chi connectivity index (χ0) is 42.7. The first-order valence-electron chi connectivity index (χ1n) is 20.1. The van der Waals surface area contributed by atoms with E-state index in [-0.39, 0.29) is 11.8 Å². The summed E-state index contributed by atoms with van der Waals surface area (Å²) in [6.07, 6.45) is 6.57. The topological polar surface area (TPSA) is 115 Å². The highest BCUT2D eigenvalue weighted by molar-refractivity contribution is 8.76. The number of aromatic amines is 1. The van der Waals surface area contributed by atoms with Crippen molar-refractivity contribution in [1.82, 2.24) is 20.5 Å². The Morgan fingerprint density at radius 3 is 2.10 bits per heavy atom. The molecule has 0 unspecified atom stereocenters. The van der Waals surface area contributed by atoms with Gasteiger partial charge < -0.3 is 25.6 Å². The second-order valence-corrected chi connectivity index (χ2v) is 16.5. The Labute approximate surface area is 353 Å². The first-order valence-corrected chi connectivity index (χ1v) is 22.6. The third-order valence-electron chi connectivity index (χ3n) is 8.46. The number of unbranched alkanes of at least 4 members (excludes halogenated alkanes) is 1. The molecule has 314 valence electrons. The van der Waals surface area contributed by atoms with E-state index in [1.807, 2.05) is 79.4 Å². The summed E-state index contributed by atoms with van der Waals surface area (Å²) in [5.41, 5.74) is 7.46. The molecule has 0 aliphatic carbocycles. The van der Waals surface area contributed by atoms with E-state index in [4.69, 9.17) is 5.11 Å². The number of aryl methyl sites for hydroxylation is 2. The van der Waals surface area contributed by atoms with E-state index in [1.54, 1.807) is 27.8 Å². The van der Waals surface area contributed by atoms with Crippen molar-refractivity contribution in [2.24, 2.45) is 0 Å². The van der Waals surface area contributed by atoms with Crippen molar-refractivity contribution in [2.45, 2.75) is 86.6 Å². The van der Waals surface area contributed by atoms with Gasteiger partial charge in [-0.1, -0.05) is 140 Å². The van der Waals surface area contributed by atoms with Gasteiger partial charge in [0.15, 0.2) is 0 Å². The number of aromatic hydroxyl groups is 1. The average Bonchev–Trinajstić information content (AvgIpc) is 3.49. The number of H-pyrrole nitrogens is 1. The zero-order valence-corrected chi connectivity index (χ0v) is 37.0. The highest BCUT2D eigenvalue weighted by Crippen LogP contribution is 2.35. The van der Waals surface area contributed by atoms with Gasteiger partial charge in [0, 0.05) is 61.2 Å².